The molecule has 0 bridgehead atoms. The number of allylic oxidation sites excluding steroid dienone is 1. The summed E-state index contributed by atoms with van der Waals surface area (Å²) in [5.41, 5.74) is 2.55. The van der Waals surface area contributed by atoms with E-state index in [2.05, 4.69) is 47.4 Å². The summed E-state index contributed by atoms with van der Waals surface area (Å²) in [5.74, 6) is 0.899. The highest BCUT2D eigenvalue weighted by Gasteiger charge is 2.29. The van der Waals surface area contributed by atoms with E-state index in [-0.39, 0.29) is 11.7 Å². The van der Waals surface area contributed by atoms with E-state index in [1.807, 2.05) is 4.57 Å². The zero-order valence-electron chi connectivity index (χ0n) is 19.6. The molecule has 0 aromatic carbocycles. The number of carbonyl (C=O) groups excluding carboxylic acids is 2. The minimum absolute atomic E-state index is 0.151. The van der Waals surface area contributed by atoms with E-state index < -0.39 is 5.97 Å². The molecule has 1 amide bonds. The first-order valence-electron chi connectivity index (χ1n) is 11.2. The molecular weight excluding hydrogens is 488 g/mol. The largest absolute Gasteiger partial charge is 0.465 e. The van der Waals surface area contributed by atoms with Gasteiger partial charge in [0.1, 0.15) is 5.00 Å². The van der Waals surface area contributed by atoms with Gasteiger partial charge in [-0.25, -0.2) is 4.79 Å². The molecule has 1 unspecified atom stereocenters. The van der Waals surface area contributed by atoms with E-state index in [1.54, 1.807) is 17.4 Å². The average molecular weight is 517 g/mol. The smallest absolute Gasteiger partial charge is 0.341 e. The van der Waals surface area contributed by atoms with Gasteiger partial charge in [-0.2, -0.15) is 0 Å². The first kappa shape index (κ1) is 24.7. The van der Waals surface area contributed by atoms with Crippen LogP contribution in [0.2, 0.25) is 0 Å². The molecule has 3 heterocycles. The van der Waals surface area contributed by atoms with Crippen molar-refractivity contribution in [2.24, 2.45) is 5.92 Å². The van der Waals surface area contributed by atoms with Crippen LogP contribution in [0.5, 0.6) is 0 Å². The lowest BCUT2D eigenvalue weighted by molar-refractivity contribution is -0.113. The Labute approximate surface area is 211 Å². The number of methoxy groups -OCH3 is 1. The molecule has 1 atom stereocenters. The van der Waals surface area contributed by atoms with Gasteiger partial charge in [0.25, 0.3) is 0 Å². The van der Waals surface area contributed by atoms with Crippen LogP contribution in [0.4, 0.5) is 5.00 Å². The molecule has 3 aromatic rings. The van der Waals surface area contributed by atoms with E-state index >= 15 is 0 Å². The fraction of sp³-hybridized carbons (Fsp3) is 0.417. The van der Waals surface area contributed by atoms with Gasteiger partial charge < -0.3 is 10.1 Å². The van der Waals surface area contributed by atoms with Crippen molar-refractivity contribution in [3.63, 3.8) is 0 Å². The number of esters is 1. The van der Waals surface area contributed by atoms with E-state index in [0.717, 1.165) is 42.6 Å². The highest BCUT2D eigenvalue weighted by atomic mass is 32.2. The number of aromatic nitrogens is 3. The Balaban J connectivity index is 1.50. The standard InChI is InChI=1S/C24H28N4O3S3/c1-5-9-28-21(15-11-16(6-2)32-12-15)26-27-24(28)33-13-19(29)25-22-20(23(30)31-4)17-8-7-14(3)10-18(17)34-22/h5,11-12,14H,1,6-10,13H2,2-4H3,(H,25,29). The van der Waals surface area contributed by atoms with Crippen molar-refractivity contribution in [2.75, 3.05) is 18.2 Å². The summed E-state index contributed by atoms with van der Waals surface area (Å²) in [4.78, 5) is 27.8. The van der Waals surface area contributed by atoms with Crippen LogP contribution in [0.1, 0.15) is 45.9 Å². The molecule has 0 saturated heterocycles. The van der Waals surface area contributed by atoms with Gasteiger partial charge in [0, 0.05) is 27.2 Å². The number of amides is 1. The molecule has 0 radical (unpaired) electrons. The molecule has 34 heavy (non-hydrogen) atoms. The van der Waals surface area contributed by atoms with Crippen LogP contribution in [0.3, 0.4) is 0 Å². The van der Waals surface area contributed by atoms with Crippen LogP contribution in [0.25, 0.3) is 11.4 Å². The van der Waals surface area contributed by atoms with Gasteiger partial charge in [-0.15, -0.1) is 39.4 Å². The molecule has 4 rings (SSSR count). The molecule has 0 fully saturated rings. The van der Waals surface area contributed by atoms with Gasteiger partial charge in [0.2, 0.25) is 5.91 Å². The van der Waals surface area contributed by atoms with E-state index in [0.29, 0.717) is 28.2 Å². The fourth-order valence-electron chi connectivity index (χ4n) is 4.04. The van der Waals surface area contributed by atoms with Gasteiger partial charge in [0.15, 0.2) is 11.0 Å². The number of ether oxygens (including phenoxy) is 1. The van der Waals surface area contributed by atoms with Gasteiger partial charge in [-0.1, -0.05) is 31.7 Å². The summed E-state index contributed by atoms with van der Waals surface area (Å²) in [5, 5.41) is 15.0. The monoisotopic (exact) mass is 516 g/mol. The van der Waals surface area contributed by atoms with Crippen molar-refractivity contribution < 1.29 is 14.3 Å². The average Bonchev–Trinajstić information content (AvgIpc) is 3.54. The SMILES string of the molecule is C=CCn1c(SCC(=O)Nc2sc3c(c2C(=O)OC)CCC(C)C3)nnc1-c1csc(CC)c1. The maximum atomic E-state index is 12.9. The second-order valence-electron chi connectivity index (χ2n) is 8.25. The first-order chi connectivity index (χ1) is 16.4. The van der Waals surface area contributed by atoms with Crippen LogP contribution >= 0.6 is 34.4 Å². The maximum absolute atomic E-state index is 12.9. The van der Waals surface area contributed by atoms with Gasteiger partial charge in [-0.05, 0) is 43.2 Å². The molecule has 0 spiro atoms. The van der Waals surface area contributed by atoms with Gasteiger partial charge in [-0.3, -0.25) is 9.36 Å². The molecule has 1 N–H and O–H groups in total. The second-order valence-corrected chi connectivity index (χ2v) is 11.3. The fourth-order valence-corrected chi connectivity index (χ4v) is 7.01. The van der Waals surface area contributed by atoms with E-state index in [1.165, 1.54) is 40.0 Å². The zero-order valence-corrected chi connectivity index (χ0v) is 22.0. The van der Waals surface area contributed by atoms with Crippen LogP contribution in [-0.4, -0.2) is 39.5 Å². The normalized spacial score (nSPS) is 15.1. The minimum Gasteiger partial charge on any atom is -0.465 e. The summed E-state index contributed by atoms with van der Waals surface area (Å²) in [7, 11) is 1.38. The molecule has 7 nitrogen and oxygen atoms in total. The number of nitrogens with one attached hydrogen (secondary N) is 1. The number of rotatable bonds is 9. The summed E-state index contributed by atoms with van der Waals surface area (Å²) in [6, 6.07) is 2.13. The predicted octanol–water partition coefficient (Wildman–Crippen LogP) is 5.46. The van der Waals surface area contributed by atoms with E-state index in [4.69, 9.17) is 4.74 Å². The highest BCUT2D eigenvalue weighted by Crippen LogP contribution is 2.40. The number of fused-ring (bicyclic) bond motifs is 1. The third-order valence-corrected chi connectivity index (χ3v) is 8.99. The predicted molar refractivity (Wildman–Crippen MR) is 139 cm³/mol. The number of hydrogen-bond donors (Lipinski definition) is 1. The van der Waals surface area contributed by atoms with Crippen LogP contribution in [-0.2, 0) is 35.3 Å². The van der Waals surface area contributed by atoms with Crippen LogP contribution in [0.15, 0.2) is 29.3 Å². The third kappa shape index (κ3) is 5.13. The highest BCUT2D eigenvalue weighted by molar-refractivity contribution is 7.99. The lowest BCUT2D eigenvalue weighted by Crippen LogP contribution is -2.17. The Morgan fingerprint density at radius 2 is 2.24 bits per heavy atom. The van der Waals surface area contributed by atoms with Crippen molar-refractivity contribution in [1.82, 2.24) is 14.8 Å². The molecule has 1 aliphatic carbocycles. The lowest BCUT2D eigenvalue weighted by atomic mass is 9.88. The third-order valence-electron chi connectivity index (χ3n) is 5.78. The van der Waals surface area contributed by atoms with Crippen molar-refractivity contribution in [2.45, 2.75) is 51.2 Å². The van der Waals surface area contributed by atoms with E-state index in [9.17, 15) is 9.59 Å². The van der Waals surface area contributed by atoms with Gasteiger partial charge >= 0.3 is 5.97 Å². The topological polar surface area (TPSA) is 86.1 Å². The Morgan fingerprint density at radius 3 is 2.94 bits per heavy atom. The van der Waals surface area contributed by atoms with Crippen molar-refractivity contribution in [3.05, 3.63) is 45.0 Å². The summed E-state index contributed by atoms with van der Waals surface area (Å²) >= 11 is 4.51. The number of anilines is 1. The quantitative estimate of drug-likeness (QED) is 0.231. The molecule has 1 aliphatic rings. The van der Waals surface area contributed by atoms with Crippen molar-refractivity contribution in [3.8, 4) is 11.4 Å². The molecule has 0 aliphatic heterocycles. The van der Waals surface area contributed by atoms with Crippen molar-refractivity contribution >= 4 is 51.3 Å². The van der Waals surface area contributed by atoms with Crippen LogP contribution < -0.4 is 5.32 Å². The number of thioether (sulfide) groups is 1. The number of nitrogens with zero attached hydrogens (tertiary/aromatic N) is 3. The van der Waals surface area contributed by atoms with Gasteiger partial charge in [0.05, 0.1) is 18.4 Å². The molecule has 0 saturated carbocycles. The first-order valence-corrected chi connectivity index (χ1v) is 13.9. The Kier molecular flexibility index (Phi) is 7.90. The minimum atomic E-state index is -0.396. The number of thiophene rings is 2. The summed E-state index contributed by atoms with van der Waals surface area (Å²) in [6.07, 6.45) is 5.55. The Bertz CT molecular complexity index is 1210. The lowest BCUT2D eigenvalue weighted by Gasteiger charge is -2.18. The number of aryl methyl sites for hydroxylation is 1. The summed E-state index contributed by atoms with van der Waals surface area (Å²) in [6.45, 7) is 8.73. The number of carbonyl (C=O) groups is 2. The molecular formula is C24H28N4O3S3. The molecule has 180 valence electrons. The molecule has 10 heteroatoms. The number of hydrogen-bond acceptors (Lipinski definition) is 8. The maximum Gasteiger partial charge on any atom is 0.341 e. The van der Waals surface area contributed by atoms with Crippen molar-refractivity contribution in [1.29, 1.82) is 0 Å². The van der Waals surface area contributed by atoms with Crippen LogP contribution in [0, 0.1) is 5.92 Å². The zero-order chi connectivity index (χ0) is 24.2. The second kappa shape index (κ2) is 10.9. The Hall–Kier alpha value is -2.43. The summed E-state index contributed by atoms with van der Waals surface area (Å²) < 4.78 is 6.99. The Morgan fingerprint density at radius 1 is 1.41 bits per heavy atom. The molecule has 3 aromatic heterocycles.